The number of aliphatic carboxylic acids is 1. The predicted octanol–water partition coefficient (Wildman–Crippen LogP) is 1.37. The highest BCUT2D eigenvalue weighted by molar-refractivity contribution is 7.99. The van der Waals surface area contributed by atoms with Crippen LogP contribution in [0.1, 0.15) is 18.5 Å². The van der Waals surface area contributed by atoms with Crippen LogP contribution in [0.5, 0.6) is 0 Å². The third-order valence-corrected chi connectivity index (χ3v) is 4.45. The van der Waals surface area contributed by atoms with E-state index in [4.69, 9.17) is 5.11 Å². The Morgan fingerprint density at radius 3 is 2.43 bits per heavy atom. The molecule has 0 aromatic heterocycles. The summed E-state index contributed by atoms with van der Waals surface area (Å²) in [6, 6.07) is 8.22. The Morgan fingerprint density at radius 1 is 1.24 bits per heavy atom. The van der Waals surface area contributed by atoms with Crippen LogP contribution in [0.15, 0.2) is 30.3 Å². The Balaban J connectivity index is 2.19. The van der Waals surface area contributed by atoms with Crippen molar-refractivity contribution in [2.75, 3.05) is 24.6 Å². The zero-order chi connectivity index (χ0) is 15.2. The van der Waals surface area contributed by atoms with Crippen molar-refractivity contribution < 1.29 is 14.7 Å². The van der Waals surface area contributed by atoms with E-state index in [1.807, 2.05) is 42.1 Å². The maximum atomic E-state index is 12.5. The number of rotatable bonds is 5. The fourth-order valence-electron chi connectivity index (χ4n) is 2.35. The lowest BCUT2D eigenvalue weighted by Gasteiger charge is -2.34. The van der Waals surface area contributed by atoms with Crippen LogP contribution in [-0.2, 0) is 9.59 Å². The first-order valence-electron chi connectivity index (χ1n) is 6.99. The minimum atomic E-state index is -1.02. The second kappa shape index (κ2) is 7.47. The molecule has 1 aromatic rings. The number of hydrogen-bond donors (Lipinski definition) is 2. The summed E-state index contributed by atoms with van der Waals surface area (Å²) in [6.45, 7) is 3.15. The third-order valence-electron chi connectivity index (χ3n) is 3.50. The van der Waals surface area contributed by atoms with Crippen molar-refractivity contribution in [1.29, 1.82) is 0 Å². The van der Waals surface area contributed by atoms with Crippen LogP contribution in [0.25, 0.3) is 0 Å². The Hall–Kier alpha value is -1.53. The van der Waals surface area contributed by atoms with E-state index >= 15 is 0 Å². The molecule has 1 saturated heterocycles. The molecule has 0 spiro atoms. The van der Waals surface area contributed by atoms with Crippen molar-refractivity contribution in [3.05, 3.63) is 35.9 Å². The number of benzene rings is 1. The number of nitrogens with zero attached hydrogens (tertiary/aromatic N) is 1. The van der Waals surface area contributed by atoms with Gasteiger partial charge in [0.1, 0.15) is 12.1 Å². The average Bonchev–Trinajstić information content (AvgIpc) is 2.49. The second-order valence-electron chi connectivity index (χ2n) is 5.03. The van der Waals surface area contributed by atoms with E-state index in [-0.39, 0.29) is 5.91 Å². The zero-order valence-electron chi connectivity index (χ0n) is 12.0. The van der Waals surface area contributed by atoms with Gasteiger partial charge in [-0.2, -0.15) is 11.8 Å². The summed E-state index contributed by atoms with van der Waals surface area (Å²) in [5.41, 5.74) is 0.902. The molecule has 21 heavy (non-hydrogen) atoms. The summed E-state index contributed by atoms with van der Waals surface area (Å²) < 4.78 is 0. The van der Waals surface area contributed by atoms with Crippen LogP contribution >= 0.6 is 11.8 Å². The van der Waals surface area contributed by atoms with E-state index in [9.17, 15) is 9.59 Å². The third kappa shape index (κ3) is 4.22. The largest absolute Gasteiger partial charge is 0.480 e. The van der Waals surface area contributed by atoms with E-state index < -0.39 is 18.1 Å². The normalized spacial score (nSPS) is 18.7. The molecule has 0 aliphatic carbocycles. The molecule has 0 radical (unpaired) electrons. The molecule has 2 N–H and O–H groups in total. The summed E-state index contributed by atoms with van der Waals surface area (Å²) in [4.78, 5) is 25.6. The van der Waals surface area contributed by atoms with Gasteiger partial charge < -0.3 is 10.4 Å². The highest BCUT2D eigenvalue weighted by Crippen LogP contribution is 2.24. The van der Waals surface area contributed by atoms with Crippen LogP contribution in [0, 0.1) is 0 Å². The fraction of sp³-hybridized carbons (Fsp3) is 0.467. The molecule has 2 atom stereocenters. The molecule has 1 heterocycles. The molecule has 1 aromatic carbocycles. The van der Waals surface area contributed by atoms with E-state index in [1.165, 1.54) is 6.92 Å². The Labute approximate surface area is 128 Å². The fourth-order valence-corrected chi connectivity index (χ4v) is 3.28. The van der Waals surface area contributed by atoms with Gasteiger partial charge in [-0.15, -0.1) is 0 Å². The predicted molar refractivity (Wildman–Crippen MR) is 83.3 cm³/mol. The molecule has 1 aliphatic heterocycles. The topological polar surface area (TPSA) is 69.6 Å². The monoisotopic (exact) mass is 308 g/mol. The second-order valence-corrected chi connectivity index (χ2v) is 6.25. The van der Waals surface area contributed by atoms with Gasteiger partial charge in [-0.3, -0.25) is 14.5 Å². The van der Waals surface area contributed by atoms with E-state index in [0.717, 1.165) is 30.2 Å². The first-order chi connectivity index (χ1) is 10.1. The first-order valence-corrected chi connectivity index (χ1v) is 8.15. The lowest BCUT2D eigenvalue weighted by atomic mass is 10.0. The Bertz CT molecular complexity index is 489. The number of carboxylic acid groups (broad SMARTS) is 1. The van der Waals surface area contributed by atoms with Gasteiger partial charge in [0.15, 0.2) is 0 Å². The molecule has 1 aliphatic rings. The average molecular weight is 308 g/mol. The van der Waals surface area contributed by atoms with E-state index in [1.54, 1.807) is 0 Å². The molecular formula is C15H20N2O3S. The molecular weight excluding hydrogens is 288 g/mol. The summed E-state index contributed by atoms with van der Waals surface area (Å²) in [5, 5.41) is 11.6. The number of hydrogen-bond acceptors (Lipinski definition) is 4. The van der Waals surface area contributed by atoms with Crippen molar-refractivity contribution in [3.8, 4) is 0 Å². The summed E-state index contributed by atoms with van der Waals surface area (Å²) >= 11 is 1.87. The lowest BCUT2D eigenvalue weighted by molar-refractivity contribution is -0.142. The number of nitrogens with one attached hydrogen (secondary N) is 1. The quantitative estimate of drug-likeness (QED) is 0.860. The zero-order valence-corrected chi connectivity index (χ0v) is 12.8. The van der Waals surface area contributed by atoms with Crippen LogP contribution in [0.3, 0.4) is 0 Å². The van der Waals surface area contributed by atoms with Crippen molar-refractivity contribution in [2.24, 2.45) is 0 Å². The molecule has 1 unspecified atom stereocenters. The van der Waals surface area contributed by atoms with Gasteiger partial charge in [0.25, 0.3) is 0 Å². The molecule has 6 heteroatoms. The number of thioether (sulfide) groups is 1. The van der Waals surface area contributed by atoms with Crippen molar-refractivity contribution in [2.45, 2.75) is 19.0 Å². The van der Waals surface area contributed by atoms with Gasteiger partial charge in [0.2, 0.25) is 5.91 Å². The van der Waals surface area contributed by atoms with Gasteiger partial charge in [-0.1, -0.05) is 30.3 Å². The number of amides is 1. The standard InChI is InChI=1S/C15H20N2O3S/c1-11(15(19)20)16-14(18)13(12-5-3-2-4-6-12)17-7-9-21-10-8-17/h2-6,11,13H,7-10H2,1H3,(H,16,18)(H,19,20)/t11-,13?/m0/s1. The summed E-state index contributed by atoms with van der Waals surface area (Å²) in [6.07, 6.45) is 0. The summed E-state index contributed by atoms with van der Waals surface area (Å²) in [7, 11) is 0. The SMILES string of the molecule is C[C@H](NC(=O)C(c1ccccc1)N1CCSCC1)C(=O)O. The minimum Gasteiger partial charge on any atom is -0.480 e. The highest BCUT2D eigenvalue weighted by Gasteiger charge is 2.30. The van der Waals surface area contributed by atoms with Gasteiger partial charge in [-0.05, 0) is 12.5 Å². The van der Waals surface area contributed by atoms with E-state index in [2.05, 4.69) is 10.2 Å². The van der Waals surface area contributed by atoms with Gasteiger partial charge in [0.05, 0.1) is 0 Å². The van der Waals surface area contributed by atoms with Crippen LogP contribution < -0.4 is 5.32 Å². The summed E-state index contributed by atoms with van der Waals surface area (Å²) in [5.74, 6) is 0.711. The Kier molecular flexibility index (Phi) is 5.64. The number of carboxylic acids is 1. The first kappa shape index (κ1) is 15.9. The van der Waals surface area contributed by atoms with Crippen LogP contribution in [-0.4, -0.2) is 52.5 Å². The van der Waals surface area contributed by atoms with Crippen LogP contribution in [0.4, 0.5) is 0 Å². The van der Waals surface area contributed by atoms with Gasteiger partial charge in [-0.25, -0.2) is 0 Å². The van der Waals surface area contributed by atoms with Crippen molar-refractivity contribution in [3.63, 3.8) is 0 Å². The molecule has 2 rings (SSSR count). The maximum Gasteiger partial charge on any atom is 0.325 e. The van der Waals surface area contributed by atoms with Crippen molar-refractivity contribution in [1.82, 2.24) is 10.2 Å². The Morgan fingerprint density at radius 2 is 1.86 bits per heavy atom. The smallest absolute Gasteiger partial charge is 0.325 e. The lowest BCUT2D eigenvalue weighted by Crippen LogP contribution is -2.48. The molecule has 1 fully saturated rings. The molecule has 0 bridgehead atoms. The minimum absolute atomic E-state index is 0.247. The molecule has 1 amide bonds. The van der Waals surface area contributed by atoms with Gasteiger partial charge in [0, 0.05) is 24.6 Å². The maximum absolute atomic E-state index is 12.5. The van der Waals surface area contributed by atoms with Crippen LogP contribution in [0.2, 0.25) is 0 Å². The number of carbonyl (C=O) groups is 2. The highest BCUT2D eigenvalue weighted by atomic mass is 32.2. The molecule has 114 valence electrons. The molecule has 5 nitrogen and oxygen atoms in total. The molecule has 0 saturated carbocycles. The van der Waals surface area contributed by atoms with Crippen molar-refractivity contribution >= 4 is 23.6 Å². The van der Waals surface area contributed by atoms with Gasteiger partial charge >= 0.3 is 5.97 Å². The van der Waals surface area contributed by atoms with E-state index in [0.29, 0.717) is 0 Å². The number of carbonyl (C=O) groups excluding carboxylic acids is 1.